The van der Waals surface area contributed by atoms with Crippen LogP contribution in [0, 0.1) is 0 Å². The highest BCUT2D eigenvalue weighted by molar-refractivity contribution is 8.28. The summed E-state index contributed by atoms with van der Waals surface area (Å²) in [4.78, 5) is 15.1. The molecule has 0 saturated heterocycles. The second-order valence-electron chi connectivity index (χ2n) is 0.283. The highest BCUT2D eigenvalue weighted by Gasteiger charge is 1.66. The first-order chi connectivity index (χ1) is 1.73. The van der Waals surface area contributed by atoms with Crippen LogP contribution in [0.3, 0.4) is 0 Å². The van der Waals surface area contributed by atoms with Crippen molar-refractivity contribution in [2.45, 2.75) is 0 Å². The van der Waals surface area contributed by atoms with E-state index < -0.39 is 7.58 Å². The van der Waals surface area contributed by atoms with Gasteiger partial charge in [-0.25, -0.2) is 9.79 Å². The Kier molecular flexibility index (Phi) is 2.32. The minimum Gasteiger partial charge on any atom is -0.495 e. The van der Waals surface area contributed by atoms with Crippen LogP contribution in [0.1, 0.15) is 0 Å². The lowest BCUT2D eigenvalue weighted by atomic mass is 15.9. The molecule has 0 fully saturated rings. The highest BCUT2D eigenvalue weighted by atomic mass is 32.7. The topological polar surface area (TPSA) is 40.5 Å². The zero-order chi connectivity index (χ0) is 3.58. The lowest BCUT2D eigenvalue weighted by Gasteiger charge is -1.85. The van der Waals surface area contributed by atoms with Gasteiger partial charge in [-0.1, -0.05) is 0 Å². The quantitative estimate of drug-likeness (QED) is 0.316. The number of rotatable bonds is 0. The molecule has 0 saturated carbocycles. The SMILES string of the molecule is O[PH+](O)[S-]. The fourth-order valence-corrected chi connectivity index (χ4v) is 0. The zero-order valence-corrected chi connectivity index (χ0v) is 3.62. The molecule has 0 radical (unpaired) electrons. The lowest BCUT2D eigenvalue weighted by Crippen LogP contribution is -1.48. The van der Waals surface area contributed by atoms with Crippen molar-refractivity contribution in [1.82, 2.24) is 0 Å². The van der Waals surface area contributed by atoms with E-state index in [9.17, 15) is 0 Å². The number of hydrogen-bond donors (Lipinski definition) is 2. The van der Waals surface area contributed by atoms with Crippen LogP contribution in [-0.2, 0) is 12.2 Å². The van der Waals surface area contributed by atoms with Crippen molar-refractivity contribution in [2.24, 2.45) is 0 Å². The zero-order valence-electron chi connectivity index (χ0n) is 1.80. The summed E-state index contributed by atoms with van der Waals surface area (Å²) in [6.45, 7) is 0. The van der Waals surface area contributed by atoms with Crippen LogP contribution in [0.25, 0.3) is 0 Å². The second kappa shape index (κ2) is 1.97. The van der Waals surface area contributed by atoms with Crippen molar-refractivity contribution in [3.63, 3.8) is 0 Å². The standard InChI is InChI=1S/H3O2PS/c1-3(2)4/h1-3H. The maximum atomic E-state index is 7.53. The summed E-state index contributed by atoms with van der Waals surface area (Å²) < 4.78 is 0. The molecule has 2 N–H and O–H groups in total. The van der Waals surface area contributed by atoms with Gasteiger partial charge in [-0.05, 0) is 0 Å². The van der Waals surface area contributed by atoms with Crippen LogP contribution in [0.5, 0.6) is 0 Å². The molecule has 0 spiro atoms. The van der Waals surface area contributed by atoms with Crippen LogP contribution < -0.4 is 0 Å². The average Bonchev–Trinajstić information content (AvgIpc) is 0.811. The Labute approximate surface area is 30.5 Å². The summed E-state index contributed by atoms with van der Waals surface area (Å²) in [5, 5.41) is 0. The first-order valence-corrected chi connectivity index (χ1v) is 3.18. The van der Waals surface area contributed by atoms with Crippen molar-refractivity contribution in [1.29, 1.82) is 0 Å². The van der Waals surface area contributed by atoms with Gasteiger partial charge in [-0.3, -0.25) is 0 Å². The van der Waals surface area contributed by atoms with Gasteiger partial charge < -0.3 is 12.2 Å². The molecule has 0 heterocycles. The van der Waals surface area contributed by atoms with Crippen molar-refractivity contribution >= 4 is 19.8 Å². The van der Waals surface area contributed by atoms with Crippen LogP contribution in [0.2, 0.25) is 0 Å². The van der Waals surface area contributed by atoms with Crippen LogP contribution >= 0.6 is 7.58 Å². The monoisotopic (exact) mass is 98.0 g/mol. The molecule has 0 aromatic rings. The molecular formula is H3O2PS. The molecule has 0 unspecified atom stereocenters. The molecule has 0 atom stereocenters. The summed E-state index contributed by atoms with van der Waals surface area (Å²) in [6, 6.07) is 0. The summed E-state index contributed by atoms with van der Waals surface area (Å²) >= 11 is 3.83. The average molecular weight is 98.1 g/mol. The predicted molar refractivity (Wildman–Crippen MR) is 20.1 cm³/mol. The molecule has 4 heavy (non-hydrogen) atoms. The summed E-state index contributed by atoms with van der Waals surface area (Å²) in [5.41, 5.74) is 0. The van der Waals surface area contributed by atoms with Gasteiger partial charge >= 0.3 is 0 Å². The Morgan fingerprint density at radius 1 is 1.50 bits per heavy atom. The minimum absolute atomic E-state index is 2.30. The largest absolute Gasteiger partial charge is 0.495 e. The van der Waals surface area contributed by atoms with Gasteiger partial charge in [0.1, 0.15) is 7.58 Å². The fraction of sp³-hybridized carbons (Fsp3) is 0. The predicted octanol–water partition coefficient (Wildman–Crippen LogP) is -0.523. The molecule has 0 aromatic heterocycles. The molecule has 0 rings (SSSR count). The van der Waals surface area contributed by atoms with Crippen molar-refractivity contribution in [2.75, 3.05) is 0 Å². The van der Waals surface area contributed by atoms with E-state index in [1.807, 2.05) is 0 Å². The molecule has 26 valence electrons. The maximum absolute atomic E-state index is 7.53. The Hall–Kier alpha value is 0.700. The van der Waals surface area contributed by atoms with E-state index in [2.05, 4.69) is 12.2 Å². The Bertz CT molecular complexity index is 10.8. The van der Waals surface area contributed by atoms with E-state index in [0.717, 1.165) is 0 Å². The van der Waals surface area contributed by atoms with Gasteiger partial charge in [0.2, 0.25) is 0 Å². The fourth-order valence-electron chi connectivity index (χ4n) is 0. The van der Waals surface area contributed by atoms with E-state index in [-0.39, 0.29) is 0 Å². The third-order valence-electron chi connectivity index (χ3n) is 0. The van der Waals surface area contributed by atoms with E-state index in [0.29, 0.717) is 0 Å². The molecule has 0 aliphatic carbocycles. The smallest absolute Gasteiger partial charge is 0.140 e. The first kappa shape index (κ1) is 4.70. The van der Waals surface area contributed by atoms with Crippen molar-refractivity contribution < 1.29 is 9.79 Å². The van der Waals surface area contributed by atoms with Crippen LogP contribution in [0.4, 0.5) is 0 Å². The molecule has 0 amide bonds. The maximum Gasteiger partial charge on any atom is 0.140 e. The Morgan fingerprint density at radius 3 is 1.50 bits per heavy atom. The Morgan fingerprint density at radius 2 is 1.50 bits per heavy atom. The van der Waals surface area contributed by atoms with Gasteiger partial charge in [0.05, 0.1) is 0 Å². The van der Waals surface area contributed by atoms with E-state index in [4.69, 9.17) is 9.79 Å². The third-order valence-corrected chi connectivity index (χ3v) is 0. The molecule has 0 aromatic carbocycles. The van der Waals surface area contributed by atoms with Gasteiger partial charge in [0, 0.05) is 0 Å². The first-order valence-electron chi connectivity index (χ1n) is 0.651. The van der Waals surface area contributed by atoms with Crippen LogP contribution in [0.15, 0.2) is 0 Å². The summed E-state index contributed by atoms with van der Waals surface area (Å²) in [7, 11) is -2.30. The molecule has 4 heteroatoms. The second-order valence-corrected chi connectivity index (χ2v) is 1.94. The normalized spacial score (nSPS) is 9.00. The molecule has 2 nitrogen and oxygen atoms in total. The molecule has 0 aliphatic rings. The third kappa shape index (κ3) is 15.9. The van der Waals surface area contributed by atoms with Gasteiger partial charge in [0.15, 0.2) is 0 Å². The van der Waals surface area contributed by atoms with Crippen molar-refractivity contribution in [3.8, 4) is 0 Å². The molecular weight excluding hydrogens is 95.0 g/mol. The van der Waals surface area contributed by atoms with E-state index in [1.165, 1.54) is 0 Å². The van der Waals surface area contributed by atoms with E-state index in [1.54, 1.807) is 0 Å². The van der Waals surface area contributed by atoms with Gasteiger partial charge in [0.25, 0.3) is 0 Å². The number of hydrogen-bond acceptors (Lipinski definition) is 3. The molecule has 0 bridgehead atoms. The minimum atomic E-state index is -2.30. The molecule has 0 aliphatic heterocycles. The van der Waals surface area contributed by atoms with E-state index >= 15 is 0 Å². The highest BCUT2D eigenvalue weighted by Crippen LogP contribution is 2.15. The Balaban J connectivity index is 2.32. The van der Waals surface area contributed by atoms with Crippen LogP contribution in [-0.4, -0.2) is 9.79 Å². The lowest BCUT2D eigenvalue weighted by molar-refractivity contribution is 0.506. The summed E-state index contributed by atoms with van der Waals surface area (Å²) in [6.07, 6.45) is 0. The van der Waals surface area contributed by atoms with Crippen molar-refractivity contribution in [3.05, 3.63) is 0 Å². The van der Waals surface area contributed by atoms with Gasteiger partial charge in [-0.15, -0.1) is 0 Å². The summed E-state index contributed by atoms with van der Waals surface area (Å²) in [5.74, 6) is 0. The van der Waals surface area contributed by atoms with Gasteiger partial charge in [-0.2, -0.15) is 0 Å².